The van der Waals surface area contributed by atoms with Crippen LogP contribution in [0.15, 0.2) is 182 Å². The SMILES string of the molecule is CN1CN(c2cccc(Oc3ccc4c5cc(-c6ccccc6)ccc5n(-c5cc6c(cn5)-c5ccccc5B6c5ccccc5)c4c3)c2)c2ccccc21. The van der Waals surface area contributed by atoms with Gasteiger partial charge in [0, 0.05) is 41.8 Å². The molecule has 0 saturated heterocycles. The number of para-hydroxylation sites is 2. The molecule has 0 amide bonds. The molecule has 0 unspecified atom stereocenters. The van der Waals surface area contributed by atoms with Gasteiger partial charge < -0.3 is 14.5 Å². The Bertz CT molecular complexity index is 2920. The van der Waals surface area contributed by atoms with Gasteiger partial charge in [-0.15, -0.1) is 0 Å². The minimum absolute atomic E-state index is 0.125. The zero-order chi connectivity index (χ0) is 36.5. The molecule has 11 rings (SSSR count). The molecule has 7 aromatic carbocycles. The Kier molecular flexibility index (Phi) is 7.17. The number of anilines is 3. The fourth-order valence-corrected chi connectivity index (χ4v) is 8.78. The largest absolute Gasteiger partial charge is 0.457 e. The second-order valence-corrected chi connectivity index (χ2v) is 14.5. The summed E-state index contributed by atoms with van der Waals surface area (Å²) in [5, 5.41) is 2.32. The molecular formula is C49H35BN4O. The second kappa shape index (κ2) is 12.5. The molecule has 0 aliphatic carbocycles. The predicted molar refractivity (Wildman–Crippen MR) is 229 cm³/mol. The number of fused-ring (bicyclic) bond motifs is 7. The summed E-state index contributed by atoms with van der Waals surface area (Å²) in [5.74, 6) is 2.44. The molecule has 6 heteroatoms. The highest BCUT2D eigenvalue weighted by Gasteiger charge is 2.34. The smallest absolute Gasteiger partial charge is 0.243 e. The Labute approximate surface area is 320 Å². The summed E-state index contributed by atoms with van der Waals surface area (Å²) in [6.45, 7) is 0.907. The summed E-state index contributed by atoms with van der Waals surface area (Å²) in [6, 6.07) is 62.6. The zero-order valence-electron chi connectivity index (χ0n) is 30.3. The lowest BCUT2D eigenvalue weighted by Gasteiger charge is -2.20. The van der Waals surface area contributed by atoms with Gasteiger partial charge in [0.15, 0.2) is 0 Å². The van der Waals surface area contributed by atoms with Crippen molar-refractivity contribution in [2.75, 3.05) is 23.5 Å². The third-order valence-electron chi connectivity index (χ3n) is 11.3. The van der Waals surface area contributed by atoms with Gasteiger partial charge in [-0.3, -0.25) is 4.57 Å². The molecule has 55 heavy (non-hydrogen) atoms. The lowest BCUT2D eigenvalue weighted by atomic mass is 9.39. The Hall–Kier alpha value is -7.05. The molecular weight excluding hydrogens is 671 g/mol. The minimum Gasteiger partial charge on any atom is -0.457 e. The van der Waals surface area contributed by atoms with Gasteiger partial charge in [-0.25, -0.2) is 4.98 Å². The summed E-state index contributed by atoms with van der Waals surface area (Å²) >= 11 is 0. The Morgan fingerprint density at radius 1 is 0.545 bits per heavy atom. The number of benzene rings is 7. The summed E-state index contributed by atoms with van der Waals surface area (Å²) in [6.07, 6.45) is 2.07. The number of pyridine rings is 1. The number of hydrogen-bond donors (Lipinski definition) is 0. The van der Waals surface area contributed by atoms with Gasteiger partial charge in [0.2, 0.25) is 6.71 Å². The fraction of sp³-hybridized carbons (Fsp3) is 0.0408. The molecule has 0 fully saturated rings. The number of nitrogens with zero attached hydrogens (tertiary/aromatic N) is 4. The molecule has 0 radical (unpaired) electrons. The first kappa shape index (κ1) is 31.5. The van der Waals surface area contributed by atoms with Crippen LogP contribution in [0.4, 0.5) is 17.1 Å². The van der Waals surface area contributed by atoms with Crippen LogP contribution < -0.4 is 30.9 Å². The van der Waals surface area contributed by atoms with Gasteiger partial charge in [-0.2, -0.15) is 0 Å². The average molecular weight is 707 g/mol. The molecule has 4 heterocycles. The predicted octanol–water partition coefficient (Wildman–Crippen LogP) is 9.68. The van der Waals surface area contributed by atoms with Gasteiger partial charge in [0.05, 0.1) is 29.1 Å². The summed E-state index contributed by atoms with van der Waals surface area (Å²) in [7, 11) is 2.13. The van der Waals surface area contributed by atoms with E-state index in [1.165, 1.54) is 55.4 Å². The summed E-state index contributed by atoms with van der Waals surface area (Å²) in [5.41, 5.74) is 14.3. The van der Waals surface area contributed by atoms with E-state index in [1.807, 2.05) is 6.07 Å². The van der Waals surface area contributed by atoms with E-state index in [2.05, 4.69) is 197 Å². The van der Waals surface area contributed by atoms with E-state index in [4.69, 9.17) is 9.72 Å². The topological polar surface area (TPSA) is 33.5 Å². The van der Waals surface area contributed by atoms with Gasteiger partial charge in [0.25, 0.3) is 0 Å². The zero-order valence-corrected chi connectivity index (χ0v) is 30.3. The van der Waals surface area contributed by atoms with Crippen LogP contribution in [0.25, 0.3) is 49.9 Å². The van der Waals surface area contributed by atoms with Crippen LogP contribution in [0.1, 0.15) is 0 Å². The van der Waals surface area contributed by atoms with Crippen LogP contribution in [-0.2, 0) is 0 Å². The maximum absolute atomic E-state index is 6.70. The van der Waals surface area contributed by atoms with Crippen LogP contribution in [0, 0.1) is 0 Å². The van der Waals surface area contributed by atoms with Crippen molar-refractivity contribution in [3.05, 3.63) is 182 Å². The quantitative estimate of drug-likeness (QED) is 0.161. The molecule has 0 bridgehead atoms. The molecule has 0 spiro atoms. The van der Waals surface area contributed by atoms with Crippen LogP contribution >= 0.6 is 0 Å². The average Bonchev–Trinajstić information content (AvgIpc) is 3.88. The lowest BCUT2D eigenvalue weighted by Crippen LogP contribution is -2.48. The molecule has 0 N–H and O–H groups in total. The van der Waals surface area contributed by atoms with Crippen molar-refractivity contribution in [2.45, 2.75) is 0 Å². The van der Waals surface area contributed by atoms with E-state index in [9.17, 15) is 0 Å². The molecule has 2 aromatic heterocycles. The highest BCUT2D eigenvalue weighted by molar-refractivity contribution is 6.99. The molecule has 2 aliphatic rings. The fourth-order valence-electron chi connectivity index (χ4n) is 8.78. The van der Waals surface area contributed by atoms with Gasteiger partial charge >= 0.3 is 0 Å². The Balaban J connectivity index is 1.05. The third-order valence-corrected chi connectivity index (χ3v) is 11.3. The van der Waals surface area contributed by atoms with Gasteiger partial charge in [-0.1, -0.05) is 126 Å². The molecule has 0 saturated carbocycles. The number of hydrogen-bond acceptors (Lipinski definition) is 4. The maximum Gasteiger partial charge on any atom is 0.243 e. The van der Waals surface area contributed by atoms with Crippen LogP contribution in [-0.4, -0.2) is 30.0 Å². The Morgan fingerprint density at radius 2 is 1.31 bits per heavy atom. The van der Waals surface area contributed by atoms with Crippen LogP contribution in [0.3, 0.4) is 0 Å². The first-order valence-corrected chi connectivity index (χ1v) is 18.8. The minimum atomic E-state index is 0.125. The van der Waals surface area contributed by atoms with Crippen molar-refractivity contribution in [2.24, 2.45) is 0 Å². The monoisotopic (exact) mass is 706 g/mol. The van der Waals surface area contributed by atoms with Crippen molar-refractivity contribution >= 4 is 62.0 Å². The van der Waals surface area contributed by atoms with Gasteiger partial charge in [-0.05, 0) is 76.9 Å². The van der Waals surface area contributed by atoms with E-state index in [1.54, 1.807) is 0 Å². The van der Waals surface area contributed by atoms with Crippen molar-refractivity contribution < 1.29 is 4.74 Å². The molecule has 5 nitrogen and oxygen atoms in total. The van der Waals surface area contributed by atoms with Crippen molar-refractivity contribution in [1.29, 1.82) is 0 Å². The van der Waals surface area contributed by atoms with Crippen molar-refractivity contribution in [3.63, 3.8) is 0 Å². The van der Waals surface area contributed by atoms with E-state index in [-0.39, 0.29) is 6.71 Å². The van der Waals surface area contributed by atoms with Crippen LogP contribution in [0.5, 0.6) is 11.5 Å². The summed E-state index contributed by atoms with van der Waals surface area (Å²) < 4.78 is 9.01. The standard InChI is InChI=1S/C49H35BN4O/c1-52-32-53(47-22-11-10-21-46(47)52)36-17-12-18-37(28-36)55-38-24-25-40-41-27-34(33-13-4-2-5-14-33)23-26-45(41)54(48(40)29-38)49-30-44-42(31-51-49)39-19-8-9-20-43(39)50(44)35-15-6-3-7-16-35/h2-31H,32H2,1H3. The second-order valence-electron chi connectivity index (χ2n) is 14.5. The van der Waals surface area contributed by atoms with E-state index in [0.29, 0.717) is 0 Å². The normalized spacial score (nSPS) is 13.0. The molecule has 9 aromatic rings. The Morgan fingerprint density at radius 3 is 2.18 bits per heavy atom. The number of aromatic nitrogens is 2. The van der Waals surface area contributed by atoms with Crippen molar-refractivity contribution in [1.82, 2.24) is 9.55 Å². The first-order chi connectivity index (χ1) is 27.2. The van der Waals surface area contributed by atoms with Gasteiger partial charge in [0.1, 0.15) is 17.3 Å². The molecule has 0 atom stereocenters. The molecule has 2 aliphatic heterocycles. The number of ether oxygens (including phenoxy) is 1. The molecule has 260 valence electrons. The van der Waals surface area contributed by atoms with Crippen molar-refractivity contribution in [3.8, 4) is 39.6 Å². The van der Waals surface area contributed by atoms with E-state index in [0.717, 1.165) is 46.1 Å². The summed E-state index contributed by atoms with van der Waals surface area (Å²) in [4.78, 5) is 9.81. The maximum atomic E-state index is 6.70. The van der Waals surface area contributed by atoms with E-state index < -0.39 is 0 Å². The highest BCUT2D eigenvalue weighted by Crippen LogP contribution is 2.42. The highest BCUT2D eigenvalue weighted by atomic mass is 16.5. The van der Waals surface area contributed by atoms with E-state index >= 15 is 0 Å². The lowest BCUT2D eigenvalue weighted by molar-refractivity contribution is 0.483. The number of rotatable bonds is 6. The van der Waals surface area contributed by atoms with Crippen LogP contribution in [0.2, 0.25) is 0 Å². The third kappa shape index (κ3) is 5.13. The first-order valence-electron chi connectivity index (χ1n) is 18.8.